The predicted molar refractivity (Wildman–Crippen MR) is 372 cm³/mol. The lowest BCUT2D eigenvalue weighted by atomic mass is 10.1. The van der Waals surface area contributed by atoms with Crippen LogP contribution in [0.5, 0.6) is 0 Å². The number of aliphatic hydroxyl groups is 9. The molecular weight excluding hydrogens is 2020 g/mol. The molecule has 464 valence electrons. The zero-order valence-corrected chi connectivity index (χ0v) is 61.7. The van der Waals surface area contributed by atoms with E-state index < -0.39 is 111 Å². The van der Waals surface area contributed by atoms with Gasteiger partial charge >= 0.3 is 0 Å². The van der Waals surface area contributed by atoms with Gasteiger partial charge in [-0.25, -0.2) is 0 Å². The van der Waals surface area contributed by atoms with Crippen LogP contribution < -0.4 is 31.9 Å². The average molecular weight is 2080 g/mol. The van der Waals surface area contributed by atoms with Crippen LogP contribution in [0, 0.1) is 28.6 Å². The quantitative estimate of drug-likeness (QED) is 0.0374. The smallest absolute Gasteiger partial charge is 0.255 e. The molecule has 0 heterocycles. The number of aliphatic hydroxyl groups excluding tert-OH is 9. The summed E-state index contributed by atoms with van der Waals surface area (Å²) in [4.78, 5) is 127. The fourth-order valence-corrected chi connectivity index (χ4v) is 18.5. The highest BCUT2D eigenvalue weighted by molar-refractivity contribution is 14.1. The van der Waals surface area contributed by atoms with Gasteiger partial charge in [0.1, 0.15) is 19.8 Å². The maximum Gasteiger partial charge on any atom is 0.255 e. The Morgan fingerprint density at radius 3 is 1.04 bits per heavy atom. The molecule has 0 radical (unpaired) electrons. The van der Waals surface area contributed by atoms with Crippen molar-refractivity contribution in [2.75, 3.05) is 136 Å². The van der Waals surface area contributed by atoms with Gasteiger partial charge in [-0.05, 0) is 187 Å². The normalized spacial score (nSPS) is 12.2. The van der Waals surface area contributed by atoms with Crippen LogP contribution in [0.25, 0.3) is 0 Å². The molecule has 0 saturated heterocycles. The summed E-state index contributed by atoms with van der Waals surface area (Å²) in [5.74, 6) is -6.76. The number of anilines is 3. The molecule has 0 saturated carbocycles. The van der Waals surface area contributed by atoms with E-state index in [0.717, 1.165) is 14.7 Å². The number of amides is 9. The maximum absolute atomic E-state index is 14.3. The summed E-state index contributed by atoms with van der Waals surface area (Å²) in [6.45, 7) is -6.05. The van der Waals surface area contributed by atoms with Gasteiger partial charge in [-0.3, -0.25) is 48.1 Å². The molecule has 9 amide bonds. The molecule has 3 rings (SSSR count). The van der Waals surface area contributed by atoms with Crippen molar-refractivity contribution in [1.29, 1.82) is 0 Å². The van der Waals surface area contributed by atoms with Crippen molar-refractivity contribution < 1.29 is 89.1 Å². The summed E-state index contributed by atoms with van der Waals surface area (Å²) in [7, 11) is 4.09. The number of halogens is 8. The van der Waals surface area contributed by atoms with Gasteiger partial charge in [-0.15, -0.1) is 0 Å². The maximum atomic E-state index is 14.3. The number of nitrogens with zero attached hydrogens (tertiary/aromatic N) is 4. The van der Waals surface area contributed by atoms with Crippen molar-refractivity contribution in [3.05, 3.63) is 68.0 Å². The molecule has 3 atom stereocenters. The van der Waals surface area contributed by atoms with Gasteiger partial charge in [-0.1, -0.05) is 0 Å². The van der Waals surface area contributed by atoms with Crippen molar-refractivity contribution in [2.24, 2.45) is 0 Å². The Morgan fingerprint density at radius 1 is 0.417 bits per heavy atom. The monoisotopic (exact) mass is 2080 g/mol. The Bertz CT molecular complexity index is 2850. The Balaban J connectivity index is 2.12. The number of benzene rings is 3. The second-order valence-electron chi connectivity index (χ2n) is 17.9. The van der Waals surface area contributed by atoms with Crippen molar-refractivity contribution in [1.82, 2.24) is 35.6 Å². The van der Waals surface area contributed by atoms with E-state index in [4.69, 9.17) is 0 Å². The van der Waals surface area contributed by atoms with Gasteiger partial charge in [0.05, 0.1) is 106 Å². The third kappa shape index (κ3) is 20.7. The zero-order valence-electron chi connectivity index (χ0n) is 44.4. The number of likely N-dealkylation sites (N-methyl/N-ethyl adjacent to an activating group) is 3. The van der Waals surface area contributed by atoms with Crippen LogP contribution >= 0.6 is 181 Å². The second-order valence-corrected chi connectivity index (χ2v) is 26.5. The third-order valence-corrected chi connectivity index (χ3v) is 20.4. The lowest BCUT2D eigenvalue weighted by Crippen LogP contribution is -2.43. The molecule has 0 aliphatic heterocycles. The van der Waals surface area contributed by atoms with Crippen molar-refractivity contribution in [2.45, 2.75) is 18.3 Å². The zero-order chi connectivity index (χ0) is 63.6. The molecule has 15 N–H and O–H groups in total. The van der Waals surface area contributed by atoms with Crippen LogP contribution in [0.2, 0.25) is 0 Å². The van der Waals surface area contributed by atoms with E-state index in [0.29, 0.717) is 0 Å². The lowest BCUT2D eigenvalue weighted by Gasteiger charge is -2.25. The number of hydrogen-bond donors (Lipinski definition) is 15. The van der Waals surface area contributed by atoms with E-state index in [1.54, 1.807) is 50.1 Å². The number of carbonyl (C=O) groups excluding carboxylic acids is 9. The van der Waals surface area contributed by atoms with Crippen LogP contribution in [0.1, 0.15) is 62.1 Å². The lowest BCUT2D eigenvalue weighted by molar-refractivity contribution is -0.119. The highest BCUT2D eigenvalue weighted by atomic mass is 127. The third-order valence-electron chi connectivity index (χ3n) is 11.7. The minimum Gasteiger partial charge on any atom is -0.394 e. The first-order valence-corrected chi connectivity index (χ1v) is 33.0. The molecule has 84 heavy (non-hydrogen) atoms. The topological polar surface area (TPSA) is 421 Å². The van der Waals surface area contributed by atoms with E-state index in [1.165, 1.54) is 27.2 Å². The highest BCUT2D eigenvalue weighted by Crippen LogP contribution is 2.38. The first kappa shape index (κ1) is 76.6. The molecule has 0 fully saturated rings. The Kier molecular flexibility index (Phi) is 33.6. The molecule has 3 unspecified atom stereocenters. The minimum absolute atomic E-state index is 0.000274. The number of rotatable bonds is 30. The Labute approximate surface area is 590 Å². The van der Waals surface area contributed by atoms with Crippen molar-refractivity contribution >= 4 is 251 Å². The van der Waals surface area contributed by atoms with Gasteiger partial charge in [0, 0.05) is 90.8 Å². The summed E-state index contributed by atoms with van der Waals surface area (Å²) >= 11 is 14.5. The predicted octanol–water partition coefficient (Wildman–Crippen LogP) is -0.517. The summed E-state index contributed by atoms with van der Waals surface area (Å²) in [5, 5.41) is 103. The largest absolute Gasteiger partial charge is 0.394 e. The highest BCUT2D eigenvalue weighted by Gasteiger charge is 2.33. The van der Waals surface area contributed by atoms with Gasteiger partial charge < -0.3 is 92.6 Å². The Morgan fingerprint density at radius 2 is 0.714 bits per heavy atom. The summed E-state index contributed by atoms with van der Waals surface area (Å²) in [5.41, 5.74) is -0.201. The summed E-state index contributed by atoms with van der Waals surface area (Å²) < 4.78 is 1.44. The number of nitrogens with one attached hydrogen (secondary N) is 6. The van der Waals surface area contributed by atoms with Crippen LogP contribution in [0.15, 0.2) is 6.07 Å². The molecule has 0 bridgehead atoms. The van der Waals surface area contributed by atoms with Crippen LogP contribution in [0.3, 0.4) is 0 Å². The minimum atomic E-state index is -1.30. The molecule has 0 aliphatic carbocycles. The average Bonchev–Trinajstić information content (AvgIpc) is 1.17. The van der Waals surface area contributed by atoms with E-state index in [-0.39, 0.29) is 138 Å². The standard InChI is InChI=1S/C48H58I8N10O18/c1-63(11-20(73)14-67)46(82)23-10-24(60-25(76)17-70)34(50)28(33(23)49)43(79)57-4-7-66(8-5-58-44(80)29-35(51)31(47(83)64(2)12-21(74)15-68)39(55)41(37(29)53)61-26(77)18-71)9-6-59-45(81)30-36(52)32(48(84)65(3)13-22(75)16-69)40(56)42(38(30)54)62-27(78)19-72/h10,20-22,67-75H,4-9,11-19H2,1-3H3,(H,57,79)(H,58,80)(H,59,81)(H,60,76)(H,61,77)(H,62,78). The number of hydrogen-bond acceptors (Lipinski definition) is 19. The molecule has 3 aromatic rings. The fraction of sp³-hybridized carbons (Fsp3) is 0.438. The first-order chi connectivity index (χ1) is 39.5. The van der Waals surface area contributed by atoms with Gasteiger partial charge in [-0.2, -0.15) is 0 Å². The Hall–Kier alpha value is -1.67. The first-order valence-electron chi connectivity index (χ1n) is 24.3. The molecule has 36 heteroatoms. The van der Waals surface area contributed by atoms with Crippen LogP contribution in [-0.2, 0) is 14.4 Å². The van der Waals surface area contributed by atoms with Crippen LogP contribution in [-0.4, -0.2) is 257 Å². The van der Waals surface area contributed by atoms with Crippen molar-refractivity contribution in [3.63, 3.8) is 0 Å². The van der Waals surface area contributed by atoms with E-state index in [2.05, 4.69) is 31.9 Å². The summed E-state index contributed by atoms with van der Waals surface area (Å²) in [6.07, 6.45) is -3.90. The SMILES string of the molecule is CN(CC(O)CO)C(=O)c1cc(NC(=O)CO)c(I)c(C(=O)NCCN(CCNC(=O)c2c(I)c(NC(=O)CO)c(I)c(C(=O)N(C)CC(O)CO)c2I)CCNC(=O)c2c(I)c(NC(=O)CO)c(I)c(C(=O)N(C)CC(O)CO)c2I)c1I. The molecular formula is C48H58I8N10O18. The molecule has 3 aromatic carbocycles. The summed E-state index contributed by atoms with van der Waals surface area (Å²) in [6, 6.07) is 1.31. The van der Waals surface area contributed by atoms with Gasteiger partial charge in [0.2, 0.25) is 17.7 Å². The van der Waals surface area contributed by atoms with Crippen LogP contribution in [0.4, 0.5) is 17.1 Å². The van der Waals surface area contributed by atoms with Crippen molar-refractivity contribution in [3.8, 4) is 0 Å². The molecule has 0 aliphatic rings. The molecule has 28 nitrogen and oxygen atoms in total. The van der Waals surface area contributed by atoms with E-state index >= 15 is 0 Å². The van der Waals surface area contributed by atoms with Gasteiger partial charge in [0.15, 0.2) is 0 Å². The number of carbonyl (C=O) groups is 9. The molecule has 0 spiro atoms. The fourth-order valence-electron chi connectivity index (χ4n) is 7.49. The second kappa shape index (κ2) is 36.9. The van der Waals surface area contributed by atoms with Gasteiger partial charge in [0.25, 0.3) is 35.4 Å². The van der Waals surface area contributed by atoms with E-state index in [9.17, 15) is 89.1 Å². The van der Waals surface area contributed by atoms with E-state index in [1.807, 2.05) is 136 Å². The molecule has 0 aromatic heterocycles.